The molecule has 2 N–H and O–H groups in total. The van der Waals surface area contributed by atoms with Gasteiger partial charge in [-0.3, -0.25) is 14.2 Å². The second-order valence-corrected chi connectivity index (χ2v) is 7.62. The van der Waals surface area contributed by atoms with Crippen LogP contribution in [0.2, 0.25) is 0 Å². The summed E-state index contributed by atoms with van der Waals surface area (Å²) in [6.07, 6.45) is 1.04. The first kappa shape index (κ1) is 22.6. The SMILES string of the molecule is CCCOc1ccc(C(C)NC(=O)CCn2c(=S)[nH]c3ccccc3c2=O)cc1OC. The summed E-state index contributed by atoms with van der Waals surface area (Å²) in [7, 11) is 1.59. The van der Waals surface area contributed by atoms with Crippen LogP contribution in [-0.2, 0) is 11.3 Å². The van der Waals surface area contributed by atoms with Crippen molar-refractivity contribution in [2.24, 2.45) is 0 Å². The van der Waals surface area contributed by atoms with Crippen molar-refractivity contribution in [2.45, 2.75) is 39.3 Å². The van der Waals surface area contributed by atoms with Crippen molar-refractivity contribution in [1.82, 2.24) is 14.9 Å². The zero-order chi connectivity index (χ0) is 22.4. The van der Waals surface area contributed by atoms with E-state index in [9.17, 15) is 9.59 Å². The average Bonchev–Trinajstić information content (AvgIpc) is 2.77. The molecule has 0 bridgehead atoms. The van der Waals surface area contributed by atoms with Gasteiger partial charge in [-0.15, -0.1) is 0 Å². The molecular formula is C23H27N3O4S. The molecule has 1 atom stereocenters. The van der Waals surface area contributed by atoms with Gasteiger partial charge in [-0.1, -0.05) is 25.1 Å². The lowest BCUT2D eigenvalue weighted by atomic mass is 10.1. The van der Waals surface area contributed by atoms with Crippen LogP contribution in [0.15, 0.2) is 47.3 Å². The van der Waals surface area contributed by atoms with E-state index in [0.717, 1.165) is 12.0 Å². The van der Waals surface area contributed by atoms with Gasteiger partial charge in [-0.25, -0.2) is 0 Å². The van der Waals surface area contributed by atoms with Gasteiger partial charge in [0.05, 0.1) is 30.7 Å². The fraction of sp³-hybridized carbons (Fsp3) is 0.348. The van der Waals surface area contributed by atoms with Crippen molar-refractivity contribution in [1.29, 1.82) is 0 Å². The molecule has 0 fully saturated rings. The number of benzene rings is 2. The molecule has 3 aromatic rings. The highest BCUT2D eigenvalue weighted by atomic mass is 32.1. The zero-order valence-electron chi connectivity index (χ0n) is 17.9. The summed E-state index contributed by atoms with van der Waals surface area (Å²) in [4.78, 5) is 28.3. The number of nitrogens with zero attached hydrogens (tertiary/aromatic N) is 1. The maximum atomic E-state index is 12.7. The van der Waals surface area contributed by atoms with Crippen LogP contribution >= 0.6 is 12.2 Å². The Labute approximate surface area is 186 Å². The molecule has 0 aliphatic rings. The quantitative estimate of drug-likeness (QED) is 0.488. The molecular weight excluding hydrogens is 414 g/mol. The average molecular weight is 442 g/mol. The van der Waals surface area contributed by atoms with E-state index in [0.29, 0.717) is 33.8 Å². The standard InChI is InChI=1S/C23H27N3O4S/c1-4-13-30-19-10-9-16(14-20(19)29-3)15(2)24-21(27)11-12-26-22(28)17-7-5-6-8-18(17)25-23(26)31/h5-10,14-15H,4,11-13H2,1-3H3,(H,24,27)(H,25,31). The fourth-order valence-corrected chi connectivity index (χ4v) is 3.58. The van der Waals surface area contributed by atoms with Gasteiger partial charge in [0, 0.05) is 13.0 Å². The number of methoxy groups -OCH3 is 1. The molecule has 8 heteroatoms. The number of aromatic amines is 1. The number of rotatable bonds is 9. The van der Waals surface area contributed by atoms with Crippen molar-refractivity contribution < 1.29 is 14.3 Å². The Morgan fingerprint density at radius 1 is 1.23 bits per heavy atom. The summed E-state index contributed by atoms with van der Waals surface area (Å²) in [5.41, 5.74) is 1.38. The third kappa shape index (κ3) is 5.32. The Bertz CT molecular complexity index is 1190. The minimum atomic E-state index is -0.232. The number of H-pyrrole nitrogens is 1. The molecule has 0 saturated heterocycles. The minimum absolute atomic E-state index is 0.134. The highest BCUT2D eigenvalue weighted by Crippen LogP contribution is 2.30. The Hall–Kier alpha value is -3.13. The van der Waals surface area contributed by atoms with Crippen LogP contribution in [0.1, 0.15) is 38.3 Å². The predicted molar refractivity (Wildman–Crippen MR) is 123 cm³/mol. The van der Waals surface area contributed by atoms with Crippen LogP contribution in [0, 0.1) is 4.77 Å². The Balaban J connectivity index is 1.67. The number of para-hydroxylation sites is 1. The summed E-state index contributed by atoms with van der Waals surface area (Å²) in [6, 6.07) is 12.6. The van der Waals surface area contributed by atoms with Gasteiger partial charge >= 0.3 is 0 Å². The smallest absolute Gasteiger partial charge is 0.262 e. The van der Waals surface area contributed by atoms with Crippen molar-refractivity contribution in [3.05, 3.63) is 63.2 Å². The molecule has 0 spiro atoms. The molecule has 2 aromatic carbocycles. The van der Waals surface area contributed by atoms with E-state index in [1.54, 1.807) is 25.3 Å². The first-order valence-electron chi connectivity index (χ1n) is 10.3. The molecule has 1 aromatic heterocycles. The Morgan fingerprint density at radius 2 is 2.00 bits per heavy atom. The fourth-order valence-electron chi connectivity index (χ4n) is 3.30. The number of hydrogen-bond acceptors (Lipinski definition) is 5. The Morgan fingerprint density at radius 3 is 2.74 bits per heavy atom. The van der Waals surface area contributed by atoms with Gasteiger partial charge < -0.3 is 19.8 Å². The molecule has 0 aliphatic heterocycles. The lowest BCUT2D eigenvalue weighted by Gasteiger charge is -2.17. The first-order valence-corrected chi connectivity index (χ1v) is 10.7. The number of aromatic nitrogens is 2. The zero-order valence-corrected chi connectivity index (χ0v) is 18.8. The molecule has 0 saturated carbocycles. The van der Waals surface area contributed by atoms with E-state index in [-0.39, 0.29) is 30.5 Å². The van der Waals surface area contributed by atoms with E-state index >= 15 is 0 Å². The van der Waals surface area contributed by atoms with Crippen molar-refractivity contribution in [2.75, 3.05) is 13.7 Å². The first-order chi connectivity index (χ1) is 14.9. The van der Waals surface area contributed by atoms with E-state index in [1.807, 2.05) is 38.1 Å². The topological polar surface area (TPSA) is 85.4 Å². The van der Waals surface area contributed by atoms with Crippen LogP contribution in [-0.4, -0.2) is 29.2 Å². The maximum Gasteiger partial charge on any atom is 0.262 e. The minimum Gasteiger partial charge on any atom is -0.493 e. The van der Waals surface area contributed by atoms with Crippen LogP contribution in [0.3, 0.4) is 0 Å². The summed E-state index contributed by atoms with van der Waals surface area (Å²) in [6.45, 7) is 4.74. The molecule has 1 unspecified atom stereocenters. The molecule has 1 heterocycles. The van der Waals surface area contributed by atoms with Gasteiger partial charge in [0.1, 0.15) is 0 Å². The third-order valence-corrected chi connectivity index (χ3v) is 5.30. The van der Waals surface area contributed by atoms with Gasteiger partial charge in [0.25, 0.3) is 5.56 Å². The van der Waals surface area contributed by atoms with Crippen molar-refractivity contribution in [3.63, 3.8) is 0 Å². The summed E-state index contributed by atoms with van der Waals surface area (Å²) in [5, 5.41) is 3.51. The molecule has 3 rings (SSSR count). The second kappa shape index (κ2) is 10.3. The van der Waals surface area contributed by atoms with Gasteiger partial charge in [-0.2, -0.15) is 0 Å². The monoisotopic (exact) mass is 441 g/mol. The predicted octanol–water partition coefficient (Wildman–Crippen LogP) is 4.12. The number of hydrogen-bond donors (Lipinski definition) is 2. The van der Waals surface area contributed by atoms with E-state index < -0.39 is 0 Å². The molecule has 0 aliphatic carbocycles. The molecule has 164 valence electrons. The summed E-state index contributed by atoms with van der Waals surface area (Å²) < 4.78 is 12.8. The van der Waals surface area contributed by atoms with Crippen LogP contribution in [0.25, 0.3) is 10.9 Å². The van der Waals surface area contributed by atoms with Crippen molar-refractivity contribution in [3.8, 4) is 11.5 Å². The van der Waals surface area contributed by atoms with E-state index in [4.69, 9.17) is 21.7 Å². The van der Waals surface area contributed by atoms with Crippen LogP contribution in [0.5, 0.6) is 11.5 Å². The van der Waals surface area contributed by atoms with Gasteiger partial charge in [-0.05, 0) is 55.4 Å². The molecule has 7 nitrogen and oxygen atoms in total. The van der Waals surface area contributed by atoms with Crippen LogP contribution in [0.4, 0.5) is 0 Å². The highest BCUT2D eigenvalue weighted by molar-refractivity contribution is 7.71. The molecule has 1 amide bonds. The van der Waals surface area contributed by atoms with E-state index in [2.05, 4.69) is 10.3 Å². The molecule has 31 heavy (non-hydrogen) atoms. The second-order valence-electron chi connectivity index (χ2n) is 7.23. The number of carbonyl (C=O) groups excluding carboxylic acids is 1. The highest BCUT2D eigenvalue weighted by Gasteiger charge is 2.14. The van der Waals surface area contributed by atoms with Gasteiger partial charge in [0.2, 0.25) is 5.91 Å². The lowest BCUT2D eigenvalue weighted by Crippen LogP contribution is -2.30. The third-order valence-electron chi connectivity index (χ3n) is 4.98. The van der Waals surface area contributed by atoms with Crippen molar-refractivity contribution >= 4 is 29.0 Å². The van der Waals surface area contributed by atoms with E-state index in [1.165, 1.54) is 4.57 Å². The number of ether oxygens (including phenoxy) is 2. The van der Waals surface area contributed by atoms with Crippen LogP contribution < -0.4 is 20.3 Å². The largest absolute Gasteiger partial charge is 0.493 e. The summed E-state index contributed by atoms with van der Waals surface area (Å²) in [5.74, 6) is 1.13. The van der Waals surface area contributed by atoms with Gasteiger partial charge in [0.15, 0.2) is 16.3 Å². The molecule has 0 radical (unpaired) electrons. The lowest BCUT2D eigenvalue weighted by molar-refractivity contribution is -0.122. The number of nitrogens with one attached hydrogen (secondary N) is 2. The number of fused-ring (bicyclic) bond motifs is 1. The summed E-state index contributed by atoms with van der Waals surface area (Å²) >= 11 is 5.30. The normalized spacial score (nSPS) is 11.8. The number of amides is 1. The maximum absolute atomic E-state index is 12.7. The Kier molecular flexibility index (Phi) is 7.46. The number of carbonyl (C=O) groups is 1.